The molecule has 0 aliphatic carbocycles. The van der Waals surface area contributed by atoms with Crippen LogP contribution in [0.3, 0.4) is 0 Å². The summed E-state index contributed by atoms with van der Waals surface area (Å²) in [5, 5.41) is 2.47. The zero-order chi connectivity index (χ0) is 5.98. The summed E-state index contributed by atoms with van der Waals surface area (Å²) in [6.07, 6.45) is 3.91. The highest BCUT2D eigenvalue weighted by atomic mass is 79.9. The van der Waals surface area contributed by atoms with E-state index in [0.717, 1.165) is 0 Å². The smallest absolute Gasteiger partial charge is 0.202 e. The molecule has 0 saturated carbocycles. The number of rotatable bonds is 0. The van der Waals surface area contributed by atoms with Gasteiger partial charge in [-0.1, -0.05) is 15.9 Å². The Kier molecular flexibility index (Phi) is 1.68. The molecule has 1 unspecified atom stereocenters. The Morgan fingerprint density at radius 3 is 2.88 bits per heavy atom. The Balaban J connectivity index is 2.66. The van der Waals surface area contributed by atoms with Gasteiger partial charge in [-0.3, -0.25) is 0 Å². The molecule has 0 aromatic carbocycles. The number of allylic oxidation sites excluding steroid dienone is 2. The quantitative estimate of drug-likeness (QED) is 0.556. The van der Waals surface area contributed by atoms with Gasteiger partial charge in [0.2, 0.25) is 6.30 Å². The van der Waals surface area contributed by atoms with E-state index in [1.165, 1.54) is 0 Å². The van der Waals surface area contributed by atoms with Crippen molar-refractivity contribution in [3.8, 4) is 0 Å². The summed E-state index contributed by atoms with van der Waals surface area (Å²) in [5.74, 6) is 0. The summed E-state index contributed by atoms with van der Waals surface area (Å²) in [7, 11) is 0. The van der Waals surface area contributed by atoms with E-state index in [9.17, 15) is 4.39 Å². The SMILES string of the molecule is FC1NC=CC=C1Br. The van der Waals surface area contributed by atoms with Gasteiger partial charge in [0, 0.05) is 4.48 Å². The topological polar surface area (TPSA) is 12.0 Å². The predicted octanol–water partition coefficient (Wildman–Crippen LogP) is 1.68. The highest BCUT2D eigenvalue weighted by molar-refractivity contribution is 9.11. The van der Waals surface area contributed by atoms with Crippen molar-refractivity contribution in [1.29, 1.82) is 0 Å². The van der Waals surface area contributed by atoms with Crippen LogP contribution in [0.1, 0.15) is 0 Å². The van der Waals surface area contributed by atoms with E-state index in [1.54, 1.807) is 18.4 Å². The first-order valence-corrected chi connectivity index (χ1v) is 3.02. The van der Waals surface area contributed by atoms with E-state index in [0.29, 0.717) is 4.48 Å². The third-order valence-electron chi connectivity index (χ3n) is 0.836. The molecule has 0 aromatic heterocycles. The van der Waals surface area contributed by atoms with E-state index >= 15 is 0 Å². The number of nitrogens with one attached hydrogen (secondary N) is 1. The van der Waals surface area contributed by atoms with Crippen molar-refractivity contribution in [3.05, 3.63) is 22.8 Å². The van der Waals surface area contributed by atoms with Crippen LogP contribution in [-0.4, -0.2) is 6.30 Å². The second-order valence-corrected chi connectivity index (χ2v) is 2.36. The molecule has 0 radical (unpaired) electrons. The van der Waals surface area contributed by atoms with Crippen molar-refractivity contribution in [2.45, 2.75) is 6.30 Å². The lowest BCUT2D eigenvalue weighted by molar-refractivity contribution is 0.360. The Morgan fingerprint density at radius 1 is 1.75 bits per heavy atom. The number of dihydropyridines is 1. The van der Waals surface area contributed by atoms with E-state index in [1.807, 2.05) is 0 Å². The molecular weight excluding hydrogens is 173 g/mol. The van der Waals surface area contributed by atoms with Gasteiger partial charge in [0.25, 0.3) is 0 Å². The minimum absolute atomic E-state index is 0.542. The molecule has 1 aliphatic heterocycles. The molecule has 0 saturated heterocycles. The van der Waals surface area contributed by atoms with Crippen LogP contribution >= 0.6 is 15.9 Å². The van der Waals surface area contributed by atoms with Crippen LogP contribution in [-0.2, 0) is 0 Å². The van der Waals surface area contributed by atoms with E-state index in [4.69, 9.17) is 0 Å². The number of hydrogen-bond donors (Lipinski definition) is 1. The minimum Gasteiger partial charge on any atom is -0.358 e. The van der Waals surface area contributed by atoms with Gasteiger partial charge in [-0.2, -0.15) is 0 Å². The van der Waals surface area contributed by atoms with Crippen LogP contribution in [0, 0.1) is 0 Å². The number of alkyl halides is 1. The predicted molar refractivity (Wildman–Crippen MR) is 34.2 cm³/mol. The van der Waals surface area contributed by atoms with Crippen molar-refractivity contribution < 1.29 is 4.39 Å². The zero-order valence-corrected chi connectivity index (χ0v) is 5.65. The molecule has 8 heavy (non-hydrogen) atoms. The van der Waals surface area contributed by atoms with Crippen LogP contribution in [0.4, 0.5) is 4.39 Å². The molecule has 1 heterocycles. The number of hydrogen-bond acceptors (Lipinski definition) is 1. The molecule has 3 heteroatoms. The average molecular weight is 178 g/mol. The lowest BCUT2D eigenvalue weighted by Gasteiger charge is -2.09. The molecule has 44 valence electrons. The van der Waals surface area contributed by atoms with Gasteiger partial charge in [0.05, 0.1) is 0 Å². The fourth-order valence-corrected chi connectivity index (χ4v) is 0.729. The maximum Gasteiger partial charge on any atom is 0.202 e. The monoisotopic (exact) mass is 177 g/mol. The summed E-state index contributed by atoms with van der Waals surface area (Å²) in [4.78, 5) is 0. The van der Waals surface area contributed by atoms with E-state index < -0.39 is 6.30 Å². The van der Waals surface area contributed by atoms with Crippen LogP contribution in [0.25, 0.3) is 0 Å². The molecule has 0 spiro atoms. The van der Waals surface area contributed by atoms with Crippen molar-refractivity contribution in [1.82, 2.24) is 5.32 Å². The average Bonchev–Trinajstić information content (AvgIpc) is 1.77. The Hall–Kier alpha value is -0.310. The van der Waals surface area contributed by atoms with Crippen LogP contribution in [0.5, 0.6) is 0 Å². The molecule has 1 N–H and O–H groups in total. The molecule has 0 fully saturated rings. The maximum atomic E-state index is 12.3. The van der Waals surface area contributed by atoms with Gasteiger partial charge < -0.3 is 5.32 Å². The van der Waals surface area contributed by atoms with Crippen molar-refractivity contribution in [3.63, 3.8) is 0 Å². The first kappa shape index (κ1) is 5.82. The Morgan fingerprint density at radius 2 is 2.50 bits per heavy atom. The third-order valence-corrected chi connectivity index (χ3v) is 1.50. The van der Waals surface area contributed by atoms with Gasteiger partial charge in [0.15, 0.2) is 0 Å². The fraction of sp³-hybridized carbons (Fsp3) is 0.200. The second-order valence-electron chi connectivity index (χ2n) is 1.44. The standard InChI is InChI=1S/C5H5BrFN/c6-4-2-1-3-8-5(4)7/h1-3,5,8H. The second kappa shape index (κ2) is 2.31. The van der Waals surface area contributed by atoms with E-state index in [2.05, 4.69) is 21.2 Å². The summed E-state index contributed by atoms with van der Waals surface area (Å²) in [6.45, 7) is 0. The molecule has 1 aliphatic rings. The molecule has 0 amide bonds. The fourth-order valence-electron chi connectivity index (χ4n) is 0.444. The highest BCUT2D eigenvalue weighted by Gasteiger charge is 2.07. The number of halogens is 2. The van der Waals surface area contributed by atoms with Crippen LogP contribution < -0.4 is 5.32 Å². The van der Waals surface area contributed by atoms with Gasteiger partial charge in [0.1, 0.15) is 0 Å². The Bertz CT molecular complexity index is 141. The third kappa shape index (κ3) is 1.10. The molecule has 1 rings (SSSR count). The van der Waals surface area contributed by atoms with Crippen molar-refractivity contribution in [2.24, 2.45) is 0 Å². The van der Waals surface area contributed by atoms with Crippen molar-refractivity contribution >= 4 is 15.9 Å². The zero-order valence-electron chi connectivity index (χ0n) is 4.07. The summed E-state index contributed by atoms with van der Waals surface area (Å²) < 4.78 is 12.8. The summed E-state index contributed by atoms with van der Waals surface area (Å²) in [6, 6.07) is 0. The summed E-state index contributed by atoms with van der Waals surface area (Å²) in [5.41, 5.74) is 0. The molecular formula is C5H5BrFN. The van der Waals surface area contributed by atoms with Gasteiger partial charge in [-0.25, -0.2) is 4.39 Å². The van der Waals surface area contributed by atoms with Gasteiger partial charge in [-0.05, 0) is 18.4 Å². The first-order valence-electron chi connectivity index (χ1n) is 2.23. The van der Waals surface area contributed by atoms with Gasteiger partial charge >= 0.3 is 0 Å². The normalized spacial score (nSPS) is 26.8. The maximum absolute atomic E-state index is 12.3. The summed E-state index contributed by atoms with van der Waals surface area (Å²) >= 11 is 3.03. The minimum atomic E-state index is -1.06. The van der Waals surface area contributed by atoms with E-state index in [-0.39, 0.29) is 0 Å². The highest BCUT2D eigenvalue weighted by Crippen LogP contribution is 2.14. The molecule has 0 aromatic rings. The first-order chi connectivity index (χ1) is 3.80. The molecule has 0 bridgehead atoms. The molecule has 1 atom stereocenters. The van der Waals surface area contributed by atoms with Crippen LogP contribution in [0.2, 0.25) is 0 Å². The lowest BCUT2D eigenvalue weighted by Crippen LogP contribution is -2.20. The molecule has 1 nitrogen and oxygen atoms in total. The lowest BCUT2D eigenvalue weighted by atomic mass is 10.4. The van der Waals surface area contributed by atoms with Crippen LogP contribution in [0.15, 0.2) is 22.8 Å². The largest absolute Gasteiger partial charge is 0.358 e. The van der Waals surface area contributed by atoms with Gasteiger partial charge in [-0.15, -0.1) is 0 Å². The Labute approximate surface area is 55.4 Å². The van der Waals surface area contributed by atoms with Crippen molar-refractivity contribution in [2.75, 3.05) is 0 Å².